The molecule has 0 fully saturated rings. The minimum absolute atomic E-state index is 0.00694. The van der Waals surface area contributed by atoms with Gasteiger partial charge in [0.2, 0.25) is 5.91 Å². The first-order valence-corrected chi connectivity index (χ1v) is 8.91. The molecular weight excluding hydrogens is 354 g/mol. The Morgan fingerprint density at radius 1 is 1.32 bits per heavy atom. The molecule has 0 bridgehead atoms. The normalized spacial score (nSPS) is 11.2. The van der Waals surface area contributed by atoms with Crippen LogP contribution in [0.3, 0.4) is 0 Å². The lowest BCUT2D eigenvalue weighted by Crippen LogP contribution is -2.27. The molecule has 0 atom stereocenters. The first-order valence-electron chi connectivity index (χ1n) is 8.91. The number of nitrogens with one attached hydrogen (secondary N) is 1. The fourth-order valence-corrected chi connectivity index (χ4v) is 3.03. The molecule has 0 unspecified atom stereocenters. The van der Waals surface area contributed by atoms with Gasteiger partial charge in [0.1, 0.15) is 17.8 Å². The number of H-pyrrole nitrogens is 1. The van der Waals surface area contributed by atoms with Crippen LogP contribution < -0.4 is 10.6 Å². The third kappa shape index (κ3) is 4.10. The van der Waals surface area contributed by atoms with Crippen molar-refractivity contribution in [1.82, 2.24) is 15.0 Å². The number of aromatic amines is 1. The number of benzene rings is 1. The summed E-state index contributed by atoms with van der Waals surface area (Å²) in [5.41, 5.74) is 8.99. The van der Waals surface area contributed by atoms with Gasteiger partial charge in [0, 0.05) is 24.4 Å². The first-order chi connectivity index (χ1) is 13.5. The van der Waals surface area contributed by atoms with Crippen LogP contribution in [0, 0.1) is 6.92 Å². The monoisotopic (exact) mass is 377 g/mol. The Labute approximate surface area is 163 Å². The zero-order chi connectivity index (χ0) is 20.1. The number of aliphatic hydroxyl groups is 1. The van der Waals surface area contributed by atoms with Gasteiger partial charge >= 0.3 is 0 Å². The van der Waals surface area contributed by atoms with Crippen LogP contribution >= 0.6 is 0 Å². The Bertz CT molecular complexity index is 1020. The van der Waals surface area contributed by atoms with Crippen LogP contribution in [-0.4, -0.2) is 39.1 Å². The molecule has 1 amide bonds. The molecule has 2 aromatic heterocycles. The number of primary amides is 1. The van der Waals surface area contributed by atoms with Gasteiger partial charge in [0.05, 0.1) is 12.0 Å². The Morgan fingerprint density at radius 3 is 2.75 bits per heavy atom. The van der Waals surface area contributed by atoms with E-state index in [1.165, 1.54) is 6.33 Å². The lowest BCUT2D eigenvalue weighted by atomic mass is 10.1. The molecule has 4 N–H and O–H groups in total. The Balaban J connectivity index is 2.02. The van der Waals surface area contributed by atoms with Crippen molar-refractivity contribution in [3.8, 4) is 0 Å². The van der Waals surface area contributed by atoms with E-state index in [-0.39, 0.29) is 12.2 Å². The van der Waals surface area contributed by atoms with E-state index in [0.29, 0.717) is 18.7 Å². The second-order valence-electron chi connectivity index (χ2n) is 6.44. The number of aromatic nitrogens is 3. The summed E-state index contributed by atoms with van der Waals surface area (Å²) >= 11 is 0. The topological polar surface area (TPSA) is 108 Å². The zero-order valence-corrected chi connectivity index (χ0v) is 15.7. The molecule has 3 aromatic rings. The molecule has 0 saturated heterocycles. The minimum Gasteiger partial charge on any atom is -0.395 e. The van der Waals surface area contributed by atoms with Gasteiger partial charge in [-0.1, -0.05) is 36.9 Å². The van der Waals surface area contributed by atoms with E-state index in [1.807, 2.05) is 42.2 Å². The highest BCUT2D eigenvalue weighted by atomic mass is 16.3. The predicted octanol–water partition coefficient (Wildman–Crippen LogP) is 2.32. The summed E-state index contributed by atoms with van der Waals surface area (Å²) in [6.45, 7) is 6.65. The maximum Gasteiger partial charge on any atom is 0.248 e. The molecule has 0 aliphatic carbocycles. The molecule has 7 nitrogen and oxygen atoms in total. The molecule has 0 saturated carbocycles. The van der Waals surface area contributed by atoms with Crippen molar-refractivity contribution >= 4 is 28.8 Å². The number of hydrogen-bond acceptors (Lipinski definition) is 5. The number of aryl methyl sites for hydroxylation is 1. The van der Waals surface area contributed by atoms with Gasteiger partial charge in [-0.25, -0.2) is 9.97 Å². The summed E-state index contributed by atoms with van der Waals surface area (Å²) in [7, 11) is 0. The SMILES string of the molecule is C=C(/C=C\c1[nH]c2ncnc(N(CCO)Cc3ccccc3)c2c1C)C(N)=O. The summed E-state index contributed by atoms with van der Waals surface area (Å²) in [4.78, 5) is 25.3. The number of carbonyl (C=O) groups excluding carboxylic acids is 1. The van der Waals surface area contributed by atoms with Crippen LogP contribution in [-0.2, 0) is 11.3 Å². The van der Waals surface area contributed by atoms with Gasteiger partial charge in [-0.05, 0) is 30.2 Å². The third-order valence-corrected chi connectivity index (χ3v) is 4.51. The number of anilines is 1. The molecule has 3 rings (SSSR count). The van der Waals surface area contributed by atoms with Crippen molar-refractivity contribution in [3.63, 3.8) is 0 Å². The van der Waals surface area contributed by atoms with E-state index in [9.17, 15) is 9.90 Å². The van der Waals surface area contributed by atoms with Gasteiger partial charge in [0.25, 0.3) is 0 Å². The van der Waals surface area contributed by atoms with Crippen molar-refractivity contribution < 1.29 is 9.90 Å². The molecular formula is C21H23N5O2. The number of hydrogen-bond donors (Lipinski definition) is 3. The minimum atomic E-state index is -0.567. The van der Waals surface area contributed by atoms with Gasteiger partial charge in [-0.2, -0.15) is 0 Å². The van der Waals surface area contributed by atoms with Gasteiger partial charge in [-0.15, -0.1) is 0 Å². The Morgan fingerprint density at radius 2 is 2.07 bits per heavy atom. The van der Waals surface area contributed by atoms with Crippen LogP contribution in [0.1, 0.15) is 16.8 Å². The first kappa shape index (κ1) is 19.3. The largest absolute Gasteiger partial charge is 0.395 e. The van der Waals surface area contributed by atoms with Crippen LogP contribution in [0.15, 0.2) is 54.9 Å². The fourth-order valence-electron chi connectivity index (χ4n) is 3.03. The molecule has 0 aliphatic heterocycles. The maximum atomic E-state index is 11.2. The van der Waals surface area contributed by atoms with E-state index in [0.717, 1.165) is 28.0 Å². The molecule has 0 radical (unpaired) electrons. The second-order valence-corrected chi connectivity index (χ2v) is 6.44. The lowest BCUT2D eigenvalue weighted by Gasteiger charge is -2.23. The highest BCUT2D eigenvalue weighted by Crippen LogP contribution is 2.30. The molecule has 2 heterocycles. The van der Waals surface area contributed by atoms with Crippen LogP contribution in [0.5, 0.6) is 0 Å². The summed E-state index contributed by atoms with van der Waals surface area (Å²) < 4.78 is 0. The lowest BCUT2D eigenvalue weighted by molar-refractivity contribution is -0.114. The smallest absolute Gasteiger partial charge is 0.248 e. The number of fused-ring (bicyclic) bond motifs is 1. The average Bonchev–Trinajstić information content (AvgIpc) is 3.02. The van der Waals surface area contributed by atoms with E-state index < -0.39 is 5.91 Å². The molecule has 0 aliphatic rings. The van der Waals surface area contributed by atoms with Gasteiger partial charge in [-0.3, -0.25) is 4.79 Å². The number of nitrogens with zero attached hydrogens (tertiary/aromatic N) is 3. The number of amides is 1. The van der Waals surface area contributed by atoms with E-state index >= 15 is 0 Å². The van der Waals surface area contributed by atoms with Crippen molar-refractivity contribution in [1.29, 1.82) is 0 Å². The standard InChI is InChI=1S/C21H23N5O2/c1-14(19(22)28)8-9-17-15(2)18-20(25-17)23-13-24-21(18)26(10-11-27)12-16-6-4-3-5-7-16/h3-9,13,27H,1,10-12H2,2H3,(H2,22,28)(H,23,24,25)/b9-8-. The zero-order valence-electron chi connectivity index (χ0n) is 15.7. The maximum absolute atomic E-state index is 11.2. The second kappa shape index (κ2) is 8.49. The summed E-state index contributed by atoms with van der Waals surface area (Å²) in [6.07, 6.45) is 4.82. The third-order valence-electron chi connectivity index (χ3n) is 4.51. The molecule has 7 heteroatoms. The number of aliphatic hydroxyl groups excluding tert-OH is 1. The predicted molar refractivity (Wildman–Crippen MR) is 111 cm³/mol. The van der Waals surface area contributed by atoms with Crippen LogP contribution in [0.25, 0.3) is 17.1 Å². The van der Waals surface area contributed by atoms with Crippen LogP contribution in [0.4, 0.5) is 5.82 Å². The Hall–Kier alpha value is -3.45. The fraction of sp³-hybridized carbons (Fsp3) is 0.190. The van der Waals surface area contributed by atoms with Crippen molar-refractivity contribution in [2.45, 2.75) is 13.5 Å². The van der Waals surface area contributed by atoms with E-state index in [4.69, 9.17) is 5.73 Å². The number of carbonyl (C=O) groups is 1. The van der Waals surface area contributed by atoms with Crippen LogP contribution in [0.2, 0.25) is 0 Å². The highest BCUT2D eigenvalue weighted by molar-refractivity contribution is 5.96. The molecule has 1 aromatic carbocycles. The van der Waals surface area contributed by atoms with E-state index in [1.54, 1.807) is 12.2 Å². The number of nitrogens with two attached hydrogens (primary N) is 1. The van der Waals surface area contributed by atoms with Crippen molar-refractivity contribution in [2.75, 3.05) is 18.1 Å². The van der Waals surface area contributed by atoms with E-state index in [2.05, 4.69) is 21.5 Å². The molecule has 28 heavy (non-hydrogen) atoms. The molecule has 0 spiro atoms. The molecule has 144 valence electrons. The number of rotatable bonds is 8. The van der Waals surface area contributed by atoms with Crippen molar-refractivity contribution in [3.05, 3.63) is 71.7 Å². The summed E-state index contributed by atoms with van der Waals surface area (Å²) in [5.74, 6) is 0.174. The Kier molecular flexibility index (Phi) is 5.86. The van der Waals surface area contributed by atoms with Gasteiger partial charge < -0.3 is 20.7 Å². The van der Waals surface area contributed by atoms with Gasteiger partial charge in [0.15, 0.2) is 0 Å². The average molecular weight is 377 g/mol. The summed E-state index contributed by atoms with van der Waals surface area (Å²) in [5, 5.41) is 10.4. The summed E-state index contributed by atoms with van der Waals surface area (Å²) in [6, 6.07) is 10.0. The quantitative estimate of drug-likeness (QED) is 0.412. The van der Waals surface area contributed by atoms with Crippen molar-refractivity contribution in [2.24, 2.45) is 5.73 Å². The highest BCUT2D eigenvalue weighted by Gasteiger charge is 2.17.